The van der Waals surface area contributed by atoms with E-state index < -0.39 is 0 Å². The van der Waals surface area contributed by atoms with Crippen molar-refractivity contribution in [3.63, 3.8) is 0 Å². The smallest absolute Gasteiger partial charge is 0.275 e. The molecule has 1 amide bonds. The zero-order valence-corrected chi connectivity index (χ0v) is 13.8. The van der Waals surface area contributed by atoms with Crippen LogP contribution in [0.25, 0.3) is 6.08 Å². The van der Waals surface area contributed by atoms with E-state index in [-0.39, 0.29) is 11.7 Å². The van der Waals surface area contributed by atoms with Crippen LogP contribution in [0, 0.1) is 5.82 Å². The molecule has 0 unspecified atom stereocenters. The summed E-state index contributed by atoms with van der Waals surface area (Å²) in [7, 11) is 0. The van der Waals surface area contributed by atoms with E-state index in [9.17, 15) is 9.18 Å². The third-order valence-electron chi connectivity index (χ3n) is 3.53. The number of aryl methyl sites for hydroxylation is 1. The van der Waals surface area contributed by atoms with Gasteiger partial charge in [-0.2, -0.15) is 0 Å². The first-order valence-electron chi connectivity index (χ1n) is 7.22. The van der Waals surface area contributed by atoms with Crippen molar-refractivity contribution >= 4 is 33.7 Å². The summed E-state index contributed by atoms with van der Waals surface area (Å²) in [5.41, 5.74) is 1.87. The van der Waals surface area contributed by atoms with Crippen LogP contribution in [0.1, 0.15) is 17.5 Å². The predicted molar refractivity (Wildman–Crippen MR) is 92.4 cm³/mol. The minimum atomic E-state index is -0.235. The van der Waals surface area contributed by atoms with Crippen molar-refractivity contribution < 1.29 is 9.18 Å². The molecular weight excluding hydrogens is 359 g/mol. The highest BCUT2D eigenvalue weighted by atomic mass is 79.9. The SMILES string of the molecule is O=C1NC(CCc2ccccc2F)=N/C1=C\c1ccccc1Br. The molecule has 0 aliphatic carbocycles. The third-order valence-corrected chi connectivity index (χ3v) is 4.25. The Morgan fingerprint density at radius 1 is 1.09 bits per heavy atom. The number of rotatable bonds is 4. The maximum absolute atomic E-state index is 13.6. The van der Waals surface area contributed by atoms with Crippen LogP contribution >= 0.6 is 15.9 Å². The monoisotopic (exact) mass is 372 g/mol. The highest BCUT2D eigenvalue weighted by Gasteiger charge is 2.20. The predicted octanol–water partition coefficient (Wildman–Crippen LogP) is 4.09. The Bertz CT molecular complexity index is 814. The van der Waals surface area contributed by atoms with Gasteiger partial charge >= 0.3 is 0 Å². The molecule has 0 fully saturated rings. The molecule has 0 saturated carbocycles. The van der Waals surface area contributed by atoms with Crippen molar-refractivity contribution in [2.45, 2.75) is 12.8 Å². The Morgan fingerprint density at radius 3 is 2.61 bits per heavy atom. The normalized spacial score (nSPS) is 15.7. The van der Waals surface area contributed by atoms with Crippen LogP contribution < -0.4 is 5.32 Å². The van der Waals surface area contributed by atoms with E-state index in [1.165, 1.54) is 6.07 Å². The molecule has 3 nitrogen and oxygen atoms in total. The second-order valence-electron chi connectivity index (χ2n) is 5.16. The van der Waals surface area contributed by atoms with Crippen LogP contribution in [0.5, 0.6) is 0 Å². The van der Waals surface area contributed by atoms with Crippen molar-refractivity contribution in [3.8, 4) is 0 Å². The number of halogens is 2. The minimum absolute atomic E-state index is 0.232. The summed E-state index contributed by atoms with van der Waals surface area (Å²) in [6.45, 7) is 0. The van der Waals surface area contributed by atoms with E-state index in [0.29, 0.717) is 29.9 Å². The summed E-state index contributed by atoms with van der Waals surface area (Å²) in [6, 6.07) is 14.2. The average molecular weight is 373 g/mol. The average Bonchev–Trinajstić information content (AvgIpc) is 2.89. The van der Waals surface area contributed by atoms with Gasteiger partial charge in [0, 0.05) is 10.9 Å². The Labute approximate surface area is 142 Å². The molecular formula is C18H14BrFN2O. The van der Waals surface area contributed by atoms with Crippen LogP contribution in [0.3, 0.4) is 0 Å². The van der Waals surface area contributed by atoms with Crippen molar-refractivity contribution in [2.24, 2.45) is 4.99 Å². The third kappa shape index (κ3) is 3.74. The maximum atomic E-state index is 13.6. The van der Waals surface area contributed by atoms with Crippen molar-refractivity contribution in [3.05, 3.63) is 75.6 Å². The molecule has 0 saturated heterocycles. The molecule has 0 bridgehead atoms. The Balaban J connectivity index is 1.74. The van der Waals surface area contributed by atoms with Gasteiger partial charge in [-0.3, -0.25) is 4.79 Å². The number of amides is 1. The lowest BCUT2D eigenvalue weighted by molar-refractivity contribution is -0.115. The minimum Gasteiger partial charge on any atom is -0.309 e. The van der Waals surface area contributed by atoms with Crippen LogP contribution in [0.15, 0.2) is 63.7 Å². The van der Waals surface area contributed by atoms with E-state index in [0.717, 1.165) is 10.0 Å². The largest absolute Gasteiger partial charge is 0.309 e. The summed E-state index contributed by atoms with van der Waals surface area (Å²) >= 11 is 3.44. The second-order valence-corrected chi connectivity index (χ2v) is 6.01. The van der Waals surface area contributed by atoms with Gasteiger partial charge in [0.2, 0.25) is 0 Å². The van der Waals surface area contributed by atoms with Crippen LogP contribution in [0.2, 0.25) is 0 Å². The molecule has 1 aliphatic rings. The lowest BCUT2D eigenvalue weighted by Crippen LogP contribution is -2.24. The van der Waals surface area contributed by atoms with Gasteiger partial charge in [-0.1, -0.05) is 52.3 Å². The van der Waals surface area contributed by atoms with Gasteiger partial charge in [0.1, 0.15) is 17.3 Å². The fourth-order valence-electron chi connectivity index (χ4n) is 2.33. The van der Waals surface area contributed by atoms with Crippen molar-refractivity contribution in [1.29, 1.82) is 0 Å². The maximum Gasteiger partial charge on any atom is 0.275 e. The molecule has 0 spiro atoms. The first kappa shape index (κ1) is 15.6. The molecule has 0 aromatic heterocycles. The molecule has 0 radical (unpaired) electrons. The van der Waals surface area contributed by atoms with Crippen LogP contribution in [0.4, 0.5) is 4.39 Å². The van der Waals surface area contributed by atoms with Gasteiger partial charge in [0.25, 0.3) is 5.91 Å². The zero-order valence-electron chi connectivity index (χ0n) is 12.2. The Morgan fingerprint density at radius 2 is 1.83 bits per heavy atom. The molecule has 116 valence electrons. The Hall–Kier alpha value is -2.27. The summed E-state index contributed by atoms with van der Waals surface area (Å²) < 4.78 is 14.5. The van der Waals surface area contributed by atoms with Gasteiger partial charge < -0.3 is 5.32 Å². The van der Waals surface area contributed by atoms with Crippen molar-refractivity contribution in [2.75, 3.05) is 0 Å². The summed E-state index contributed by atoms with van der Waals surface area (Å²) in [4.78, 5) is 16.3. The van der Waals surface area contributed by atoms with Crippen LogP contribution in [-0.4, -0.2) is 11.7 Å². The van der Waals surface area contributed by atoms with Gasteiger partial charge in [0.15, 0.2) is 0 Å². The second kappa shape index (κ2) is 6.87. The molecule has 2 aromatic carbocycles. The number of hydrogen-bond donors (Lipinski definition) is 1. The molecule has 5 heteroatoms. The van der Waals surface area contributed by atoms with Crippen LogP contribution in [-0.2, 0) is 11.2 Å². The van der Waals surface area contributed by atoms with Gasteiger partial charge in [-0.25, -0.2) is 9.38 Å². The van der Waals surface area contributed by atoms with Gasteiger partial charge in [-0.15, -0.1) is 0 Å². The fourth-order valence-corrected chi connectivity index (χ4v) is 2.73. The topological polar surface area (TPSA) is 41.5 Å². The summed E-state index contributed by atoms with van der Waals surface area (Å²) in [5.74, 6) is 0.0993. The Kier molecular flexibility index (Phi) is 4.67. The first-order valence-corrected chi connectivity index (χ1v) is 8.01. The zero-order chi connectivity index (χ0) is 16.2. The standard InChI is InChI=1S/C18H14BrFN2O/c19-14-7-3-1-6-13(14)11-16-18(23)22-17(21-16)10-9-12-5-2-4-8-15(12)20/h1-8,11H,9-10H2,(H,21,22,23)/b16-11-. The highest BCUT2D eigenvalue weighted by Crippen LogP contribution is 2.21. The number of amidine groups is 1. The number of aliphatic imine (C=N–C) groups is 1. The number of benzene rings is 2. The van der Waals surface area contributed by atoms with E-state index in [1.54, 1.807) is 24.3 Å². The number of nitrogens with one attached hydrogen (secondary N) is 1. The number of carbonyl (C=O) groups excluding carboxylic acids is 1. The highest BCUT2D eigenvalue weighted by molar-refractivity contribution is 9.10. The molecule has 2 aromatic rings. The number of nitrogens with zero attached hydrogens (tertiary/aromatic N) is 1. The summed E-state index contributed by atoms with van der Waals surface area (Å²) in [6.07, 6.45) is 2.71. The number of carbonyl (C=O) groups is 1. The number of hydrogen-bond acceptors (Lipinski definition) is 2. The fraction of sp³-hybridized carbons (Fsp3) is 0.111. The molecule has 1 aliphatic heterocycles. The van der Waals surface area contributed by atoms with Gasteiger partial charge in [-0.05, 0) is 35.8 Å². The van der Waals surface area contributed by atoms with E-state index in [2.05, 4.69) is 26.2 Å². The van der Waals surface area contributed by atoms with E-state index in [4.69, 9.17) is 0 Å². The van der Waals surface area contributed by atoms with E-state index in [1.807, 2.05) is 24.3 Å². The first-order chi connectivity index (χ1) is 11.1. The van der Waals surface area contributed by atoms with Gasteiger partial charge in [0.05, 0.1) is 0 Å². The molecule has 1 heterocycles. The quantitative estimate of drug-likeness (QED) is 0.806. The lowest BCUT2D eigenvalue weighted by Gasteiger charge is -2.02. The molecule has 0 atom stereocenters. The summed E-state index contributed by atoms with van der Waals surface area (Å²) in [5, 5.41) is 2.74. The molecule has 1 N–H and O–H groups in total. The lowest BCUT2D eigenvalue weighted by atomic mass is 10.1. The van der Waals surface area contributed by atoms with E-state index >= 15 is 0 Å². The van der Waals surface area contributed by atoms with Crippen molar-refractivity contribution in [1.82, 2.24) is 5.32 Å². The molecule has 23 heavy (non-hydrogen) atoms. The molecule has 3 rings (SSSR count).